The molecule has 0 aliphatic heterocycles. The number of aromatic nitrogens is 2. The van der Waals surface area contributed by atoms with Gasteiger partial charge in [0.15, 0.2) is 0 Å². The highest BCUT2D eigenvalue weighted by molar-refractivity contribution is 5.61. The van der Waals surface area contributed by atoms with Crippen LogP contribution in [0.2, 0.25) is 0 Å². The number of aryl methyl sites for hydroxylation is 2. The zero-order valence-electron chi connectivity index (χ0n) is 18.0. The molecular weight excluding hydrogens is 386 g/mol. The van der Waals surface area contributed by atoms with Gasteiger partial charge in [-0.3, -0.25) is 14.7 Å². The molecule has 0 saturated carbocycles. The smallest absolute Gasteiger partial charge is 0.251 e. The summed E-state index contributed by atoms with van der Waals surface area (Å²) in [7, 11) is 0. The molecule has 5 heteroatoms. The lowest BCUT2D eigenvalue weighted by atomic mass is 10.1. The molecule has 3 aromatic heterocycles. The van der Waals surface area contributed by atoms with Crippen molar-refractivity contribution in [2.24, 2.45) is 0 Å². The molecule has 0 spiro atoms. The van der Waals surface area contributed by atoms with Crippen LogP contribution < -0.4 is 5.56 Å². The van der Waals surface area contributed by atoms with Gasteiger partial charge in [-0.1, -0.05) is 43.3 Å². The van der Waals surface area contributed by atoms with Crippen molar-refractivity contribution in [3.8, 4) is 11.3 Å². The Kier molecular flexibility index (Phi) is 6.43. The van der Waals surface area contributed by atoms with E-state index in [9.17, 15) is 4.79 Å². The lowest BCUT2D eigenvalue weighted by molar-refractivity contribution is 0.227. The Morgan fingerprint density at radius 3 is 2.48 bits per heavy atom. The first-order chi connectivity index (χ1) is 15.1. The predicted molar refractivity (Wildman–Crippen MR) is 123 cm³/mol. The molecule has 0 unspecified atom stereocenters. The fraction of sp³-hybridized carbons (Fsp3) is 0.231. The number of nitrogens with zero attached hydrogens (tertiary/aromatic N) is 2. The fourth-order valence-electron chi connectivity index (χ4n) is 3.77. The highest BCUT2D eigenvalue weighted by Gasteiger charge is 2.14. The molecule has 0 aliphatic carbocycles. The third-order valence-electron chi connectivity index (χ3n) is 5.38. The van der Waals surface area contributed by atoms with Crippen LogP contribution >= 0.6 is 0 Å². The van der Waals surface area contributed by atoms with E-state index in [0.29, 0.717) is 13.0 Å². The molecule has 1 N–H and O–H groups in total. The number of H-pyrrole nitrogens is 1. The van der Waals surface area contributed by atoms with Gasteiger partial charge in [-0.15, -0.1) is 0 Å². The Labute approximate surface area is 182 Å². The average molecular weight is 414 g/mol. The Balaban J connectivity index is 1.57. The maximum Gasteiger partial charge on any atom is 0.251 e. The van der Waals surface area contributed by atoms with Crippen molar-refractivity contribution in [2.45, 2.75) is 39.9 Å². The van der Waals surface area contributed by atoms with E-state index in [1.165, 1.54) is 5.56 Å². The minimum Gasteiger partial charge on any atom is -0.460 e. The van der Waals surface area contributed by atoms with Gasteiger partial charge in [-0.05, 0) is 48.7 Å². The molecule has 3 heterocycles. The molecule has 0 saturated heterocycles. The Bertz CT molecular complexity index is 1140. The summed E-state index contributed by atoms with van der Waals surface area (Å²) in [4.78, 5) is 21.6. The molecule has 0 atom stereocenters. The van der Waals surface area contributed by atoms with Gasteiger partial charge in [-0.25, -0.2) is 0 Å². The molecule has 0 radical (unpaired) electrons. The zero-order valence-corrected chi connectivity index (χ0v) is 18.0. The van der Waals surface area contributed by atoms with Gasteiger partial charge in [0.25, 0.3) is 5.56 Å². The predicted octanol–water partition coefficient (Wildman–Crippen LogP) is 5.10. The number of aromatic amines is 1. The number of hydrogen-bond acceptors (Lipinski definition) is 4. The molecule has 0 aliphatic rings. The first-order valence-electron chi connectivity index (χ1n) is 10.6. The lowest BCUT2D eigenvalue weighted by Crippen LogP contribution is -2.22. The minimum atomic E-state index is -0.0268. The van der Waals surface area contributed by atoms with Crippen molar-refractivity contribution in [1.82, 2.24) is 14.9 Å². The number of rotatable bonds is 8. The second kappa shape index (κ2) is 9.58. The van der Waals surface area contributed by atoms with E-state index < -0.39 is 0 Å². The molecule has 4 rings (SSSR count). The summed E-state index contributed by atoms with van der Waals surface area (Å²) in [5.74, 6) is 1.66. The number of nitrogens with one attached hydrogen (secondary N) is 1. The third-order valence-corrected chi connectivity index (χ3v) is 5.38. The van der Waals surface area contributed by atoms with Gasteiger partial charge in [0, 0.05) is 42.3 Å². The van der Waals surface area contributed by atoms with Crippen LogP contribution in [0.5, 0.6) is 0 Å². The number of benzene rings is 1. The first-order valence-corrected chi connectivity index (χ1v) is 10.6. The van der Waals surface area contributed by atoms with Gasteiger partial charge >= 0.3 is 0 Å². The maximum absolute atomic E-state index is 12.1. The van der Waals surface area contributed by atoms with Crippen LogP contribution in [0.3, 0.4) is 0 Å². The van der Waals surface area contributed by atoms with Gasteiger partial charge in [0.05, 0.1) is 6.54 Å². The number of furan rings is 1. The van der Waals surface area contributed by atoms with Crippen molar-refractivity contribution in [1.29, 1.82) is 0 Å². The number of hydrogen-bond donors (Lipinski definition) is 1. The van der Waals surface area contributed by atoms with Crippen molar-refractivity contribution < 1.29 is 4.42 Å². The van der Waals surface area contributed by atoms with Crippen LogP contribution in [0.25, 0.3) is 11.3 Å². The summed E-state index contributed by atoms with van der Waals surface area (Å²) in [5.41, 5.74) is 4.91. The SMILES string of the molecule is CCc1cc(-c2ccc(CN(Cc3ccccc3)Cc3cccnc3)o2)c(C)[nH]c1=O. The van der Waals surface area contributed by atoms with Crippen LogP contribution in [0.15, 0.2) is 82.3 Å². The second-order valence-corrected chi connectivity index (χ2v) is 7.77. The summed E-state index contributed by atoms with van der Waals surface area (Å²) in [6, 6.07) is 20.4. The van der Waals surface area contributed by atoms with Crippen LogP contribution in [-0.2, 0) is 26.1 Å². The molecule has 0 amide bonds. The lowest BCUT2D eigenvalue weighted by Gasteiger charge is -2.21. The van der Waals surface area contributed by atoms with E-state index in [-0.39, 0.29) is 5.56 Å². The average Bonchev–Trinajstić information content (AvgIpc) is 3.23. The molecule has 1 aromatic carbocycles. The summed E-state index contributed by atoms with van der Waals surface area (Å²) in [6.07, 6.45) is 4.38. The zero-order chi connectivity index (χ0) is 21.6. The largest absolute Gasteiger partial charge is 0.460 e. The number of pyridine rings is 2. The van der Waals surface area contributed by atoms with E-state index >= 15 is 0 Å². The van der Waals surface area contributed by atoms with Crippen molar-refractivity contribution in [3.63, 3.8) is 0 Å². The van der Waals surface area contributed by atoms with Crippen LogP contribution in [0.4, 0.5) is 0 Å². The highest BCUT2D eigenvalue weighted by Crippen LogP contribution is 2.26. The van der Waals surface area contributed by atoms with E-state index in [4.69, 9.17) is 4.42 Å². The summed E-state index contributed by atoms with van der Waals surface area (Å²) >= 11 is 0. The normalized spacial score (nSPS) is 11.2. The van der Waals surface area contributed by atoms with Crippen LogP contribution in [0.1, 0.15) is 35.1 Å². The van der Waals surface area contributed by atoms with Crippen molar-refractivity contribution >= 4 is 0 Å². The topological polar surface area (TPSA) is 62.1 Å². The summed E-state index contributed by atoms with van der Waals surface area (Å²) in [5, 5.41) is 0. The molecule has 0 bridgehead atoms. The highest BCUT2D eigenvalue weighted by atomic mass is 16.3. The fourth-order valence-corrected chi connectivity index (χ4v) is 3.77. The standard InChI is InChI=1S/C26H27N3O2/c1-3-22-14-24(19(2)28-26(22)30)25-12-11-23(31-25)18-29(16-20-8-5-4-6-9-20)17-21-10-7-13-27-15-21/h4-15H,3,16-18H2,1-2H3,(H,28,30). The molecule has 31 heavy (non-hydrogen) atoms. The quantitative estimate of drug-likeness (QED) is 0.436. The Morgan fingerprint density at radius 2 is 1.74 bits per heavy atom. The van der Waals surface area contributed by atoms with E-state index in [0.717, 1.165) is 47.0 Å². The van der Waals surface area contributed by atoms with Crippen LogP contribution in [0, 0.1) is 6.92 Å². The Morgan fingerprint density at radius 1 is 0.968 bits per heavy atom. The summed E-state index contributed by atoms with van der Waals surface area (Å²) in [6.45, 7) is 6.15. The maximum atomic E-state index is 12.1. The van der Waals surface area contributed by atoms with Gasteiger partial charge in [-0.2, -0.15) is 0 Å². The van der Waals surface area contributed by atoms with Crippen molar-refractivity contribution in [3.05, 3.63) is 112 Å². The third kappa shape index (κ3) is 5.19. The first kappa shape index (κ1) is 20.8. The van der Waals surface area contributed by atoms with Crippen LogP contribution in [-0.4, -0.2) is 14.9 Å². The molecular formula is C26H27N3O2. The second-order valence-electron chi connectivity index (χ2n) is 7.77. The van der Waals surface area contributed by atoms with E-state index in [2.05, 4.69) is 45.2 Å². The van der Waals surface area contributed by atoms with Gasteiger partial charge in [0.1, 0.15) is 11.5 Å². The van der Waals surface area contributed by atoms with E-state index in [1.54, 1.807) is 6.20 Å². The minimum absolute atomic E-state index is 0.0268. The van der Waals surface area contributed by atoms with Crippen molar-refractivity contribution in [2.75, 3.05) is 0 Å². The molecule has 4 aromatic rings. The molecule has 158 valence electrons. The van der Waals surface area contributed by atoms with E-state index in [1.807, 2.05) is 50.4 Å². The Hall–Kier alpha value is -3.44. The van der Waals surface area contributed by atoms with Gasteiger partial charge < -0.3 is 9.40 Å². The monoisotopic (exact) mass is 413 g/mol. The summed E-state index contributed by atoms with van der Waals surface area (Å²) < 4.78 is 6.22. The molecule has 5 nitrogen and oxygen atoms in total. The van der Waals surface area contributed by atoms with Gasteiger partial charge in [0.2, 0.25) is 0 Å². The molecule has 0 fully saturated rings.